The highest BCUT2D eigenvalue weighted by molar-refractivity contribution is 5.94. The highest BCUT2D eigenvalue weighted by Crippen LogP contribution is 2.29. The summed E-state index contributed by atoms with van der Waals surface area (Å²) in [5.74, 6) is -2.27. The van der Waals surface area contributed by atoms with Crippen LogP contribution in [0.15, 0.2) is 42.7 Å². The first-order valence-electron chi connectivity index (χ1n) is 8.20. The fourth-order valence-electron chi connectivity index (χ4n) is 3.02. The van der Waals surface area contributed by atoms with Gasteiger partial charge < -0.3 is 15.4 Å². The number of hydrogen-bond donors (Lipinski definition) is 1. The van der Waals surface area contributed by atoms with Crippen molar-refractivity contribution in [1.29, 1.82) is 0 Å². The molecule has 0 aliphatic carbocycles. The average Bonchev–Trinajstić information content (AvgIpc) is 2.81. The molecule has 2 N–H and O–H groups in total. The number of anilines is 2. The number of alkyl halides is 2. The molecule has 4 rings (SSSR count). The Labute approximate surface area is 148 Å². The second-order valence-corrected chi connectivity index (χ2v) is 6.21. The highest BCUT2D eigenvalue weighted by atomic mass is 19.3. The van der Waals surface area contributed by atoms with Gasteiger partial charge in [-0.25, -0.2) is 23.7 Å². The SMILES string of the molecule is Nc1cc(-c2cccc3cnc(N4CCOCC(F)(F)C4)nc23)ccn1. The highest BCUT2D eigenvalue weighted by Gasteiger charge is 2.35. The quantitative estimate of drug-likeness (QED) is 0.760. The van der Waals surface area contributed by atoms with Gasteiger partial charge in [-0.3, -0.25) is 0 Å². The molecule has 0 unspecified atom stereocenters. The summed E-state index contributed by atoms with van der Waals surface area (Å²) in [7, 11) is 0. The largest absolute Gasteiger partial charge is 0.384 e. The molecule has 1 fully saturated rings. The smallest absolute Gasteiger partial charge is 0.288 e. The lowest BCUT2D eigenvalue weighted by atomic mass is 10.0. The fourth-order valence-corrected chi connectivity index (χ4v) is 3.02. The molecule has 0 radical (unpaired) electrons. The van der Waals surface area contributed by atoms with Crippen LogP contribution in [0.1, 0.15) is 0 Å². The first-order chi connectivity index (χ1) is 12.5. The first kappa shape index (κ1) is 16.6. The minimum atomic E-state index is -2.94. The molecular weight excluding hydrogens is 340 g/mol. The number of aromatic nitrogens is 3. The number of nitrogen functional groups attached to an aromatic ring is 1. The molecule has 1 saturated heterocycles. The third-order valence-corrected chi connectivity index (χ3v) is 4.21. The van der Waals surface area contributed by atoms with Gasteiger partial charge in [0.1, 0.15) is 12.4 Å². The lowest BCUT2D eigenvalue weighted by Gasteiger charge is -2.23. The number of benzene rings is 1. The summed E-state index contributed by atoms with van der Waals surface area (Å²) in [6, 6.07) is 9.28. The van der Waals surface area contributed by atoms with Crippen LogP contribution in [0.25, 0.3) is 22.0 Å². The maximum atomic E-state index is 13.9. The Balaban J connectivity index is 1.80. The summed E-state index contributed by atoms with van der Waals surface area (Å²) >= 11 is 0. The van der Waals surface area contributed by atoms with E-state index in [0.29, 0.717) is 17.9 Å². The van der Waals surface area contributed by atoms with E-state index in [4.69, 9.17) is 10.5 Å². The third-order valence-electron chi connectivity index (χ3n) is 4.21. The van der Waals surface area contributed by atoms with E-state index in [9.17, 15) is 8.78 Å². The number of fused-ring (bicyclic) bond motifs is 1. The van der Waals surface area contributed by atoms with Crippen LogP contribution in [0.3, 0.4) is 0 Å². The van der Waals surface area contributed by atoms with Crippen molar-refractivity contribution in [2.24, 2.45) is 0 Å². The number of hydrogen-bond acceptors (Lipinski definition) is 6. The van der Waals surface area contributed by atoms with Crippen molar-refractivity contribution in [2.45, 2.75) is 5.92 Å². The number of ether oxygens (including phenoxy) is 1. The van der Waals surface area contributed by atoms with Crippen LogP contribution in [0, 0.1) is 0 Å². The van der Waals surface area contributed by atoms with Gasteiger partial charge in [0, 0.05) is 29.9 Å². The molecule has 0 bridgehead atoms. The molecule has 0 spiro atoms. The zero-order chi connectivity index (χ0) is 18.1. The van der Waals surface area contributed by atoms with E-state index in [-0.39, 0.29) is 12.6 Å². The minimum absolute atomic E-state index is 0.208. The van der Waals surface area contributed by atoms with Gasteiger partial charge in [-0.2, -0.15) is 0 Å². The molecular formula is C18H17F2N5O. The van der Waals surface area contributed by atoms with E-state index in [1.165, 1.54) is 4.90 Å². The molecule has 0 atom stereocenters. The molecule has 3 heterocycles. The van der Waals surface area contributed by atoms with Crippen molar-refractivity contribution in [1.82, 2.24) is 15.0 Å². The van der Waals surface area contributed by atoms with Gasteiger partial charge in [0.25, 0.3) is 5.92 Å². The normalized spacial score (nSPS) is 17.2. The third kappa shape index (κ3) is 3.28. The Morgan fingerprint density at radius 2 is 2.08 bits per heavy atom. The molecule has 134 valence electrons. The fraction of sp³-hybridized carbons (Fsp3) is 0.278. The number of nitrogens with zero attached hydrogens (tertiary/aromatic N) is 4. The molecule has 0 saturated carbocycles. The van der Waals surface area contributed by atoms with Crippen molar-refractivity contribution in [3.8, 4) is 11.1 Å². The number of halogens is 2. The molecule has 3 aromatic rings. The summed E-state index contributed by atoms with van der Waals surface area (Å²) in [6.45, 7) is -0.535. The zero-order valence-electron chi connectivity index (χ0n) is 13.9. The van der Waals surface area contributed by atoms with Crippen LogP contribution < -0.4 is 10.6 Å². The molecule has 26 heavy (non-hydrogen) atoms. The van der Waals surface area contributed by atoms with Gasteiger partial charge in [-0.1, -0.05) is 18.2 Å². The molecule has 2 aromatic heterocycles. The van der Waals surface area contributed by atoms with Crippen LogP contribution in [-0.4, -0.2) is 47.2 Å². The summed E-state index contributed by atoms with van der Waals surface area (Å²) in [4.78, 5) is 14.3. The summed E-state index contributed by atoms with van der Waals surface area (Å²) in [5, 5.41) is 0.819. The van der Waals surface area contributed by atoms with E-state index in [1.54, 1.807) is 18.5 Å². The van der Waals surface area contributed by atoms with E-state index >= 15 is 0 Å². The Morgan fingerprint density at radius 3 is 2.92 bits per heavy atom. The zero-order valence-corrected chi connectivity index (χ0v) is 13.9. The molecule has 6 nitrogen and oxygen atoms in total. The maximum absolute atomic E-state index is 13.9. The van der Waals surface area contributed by atoms with Gasteiger partial charge in [0.05, 0.1) is 18.7 Å². The van der Waals surface area contributed by atoms with Crippen molar-refractivity contribution in [3.05, 3.63) is 42.7 Å². The van der Waals surface area contributed by atoms with Crippen LogP contribution in [0.4, 0.5) is 20.5 Å². The average molecular weight is 357 g/mol. The Hall–Kier alpha value is -2.87. The number of para-hydroxylation sites is 1. The van der Waals surface area contributed by atoms with Crippen LogP contribution in [0.5, 0.6) is 0 Å². The maximum Gasteiger partial charge on any atom is 0.288 e. The Kier molecular flexibility index (Phi) is 4.12. The van der Waals surface area contributed by atoms with Gasteiger partial charge in [-0.05, 0) is 17.7 Å². The van der Waals surface area contributed by atoms with Crippen molar-refractivity contribution < 1.29 is 13.5 Å². The van der Waals surface area contributed by atoms with Gasteiger partial charge in [-0.15, -0.1) is 0 Å². The Morgan fingerprint density at radius 1 is 1.19 bits per heavy atom. The minimum Gasteiger partial charge on any atom is -0.384 e. The van der Waals surface area contributed by atoms with Gasteiger partial charge >= 0.3 is 0 Å². The molecule has 0 amide bonds. The van der Waals surface area contributed by atoms with Crippen molar-refractivity contribution in [3.63, 3.8) is 0 Å². The summed E-state index contributed by atoms with van der Waals surface area (Å²) in [5.41, 5.74) is 8.17. The van der Waals surface area contributed by atoms with E-state index in [1.807, 2.05) is 24.3 Å². The standard InChI is InChI=1S/C18H17F2N5O/c19-18(20)10-25(6-7-26-11-18)17-23-9-13-2-1-3-14(16(13)24-17)12-4-5-22-15(21)8-12/h1-5,8-9H,6-7,10-11H2,(H2,21,22). The predicted molar refractivity (Wildman–Crippen MR) is 95.2 cm³/mol. The molecule has 1 aliphatic heterocycles. The second kappa shape index (κ2) is 6.45. The predicted octanol–water partition coefficient (Wildman–Crippen LogP) is 2.75. The number of rotatable bonds is 2. The Bertz CT molecular complexity index is 950. The van der Waals surface area contributed by atoms with E-state index in [0.717, 1.165) is 16.5 Å². The van der Waals surface area contributed by atoms with Gasteiger partial charge in [0.2, 0.25) is 5.95 Å². The van der Waals surface area contributed by atoms with Crippen LogP contribution >= 0.6 is 0 Å². The van der Waals surface area contributed by atoms with Gasteiger partial charge in [0.15, 0.2) is 0 Å². The number of pyridine rings is 1. The molecule has 1 aliphatic rings. The number of nitrogens with two attached hydrogens (primary N) is 1. The summed E-state index contributed by atoms with van der Waals surface area (Å²) in [6.07, 6.45) is 3.27. The topological polar surface area (TPSA) is 77.2 Å². The van der Waals surface area contributed by atoms with E-state index < -0.39 is 19.1 Å². The monoisotopic (exact) mass is 357 g/mol. The van der Waals surface area contributed by atoms with Crippen LogP contribution in [-0.2, 0) is 4.74 Å². The van der Waals surface area contributed by atoms with E-state index in [2.05, 4.69) is 15.0 Å². The summed E-state index contributed by atoms with van der Waals surface area (Å²) < 4.78 is 32.7. The first-order valence-corrected chi connectivity index (χ1v) is 8.20. The molecule has 8 heteroatoms. The lowest BCUT2D eigenvalue weighted by molar-refractivity contribution is -0.0564. The van der Waals surface area contributed by atoms with Crippen molar-refractivity contribution in [2.75, 3.05) is 36.9 Å². The lowest BCUT2D eigenvalue weighted by Crippen LogP contribution is -2.38. The van der Waals surface area contributed by atoms with Crippen molar-refractivity contribution >= 4 is 22.7 Å². The molecule has 1 aromatic carbocycles. The van der Waals surface area contributed by atoms with Crippen LogP contribution in [0.2, 0.25) is 0 Å². The second-order valence-electron chi connectivity index (χ2n) is 6.21.